The highest BCUT2D eigenvalue weighted by molar-refractivity contribution is 6.09. The molecule has 0 unspecified atom stereocenters. The van der Waals surface area contributed by atoms with Crippen molar-refractivity contribution in [1.82, 2.24) is 19.9 Å². The lowest BCUT2D eigenvalue weighted by Crippen LogP contribution is -2.32. The Morgan fingerprint density at radius 3 is 2.38 bits per heavy atom. The highest BCUT2D eigenvalue weighted by atomic mass is 15.5. The third kappa shape index (κ3) is 2.99. The predicted molar refractivity (Wildman–Crippen MR) is 98.1 cm³/mol. The van der Waals surface area contributed by atoms with Crippen LogP contribution in [-0.4, -0.2) is 44.7 Å². The molecule has 1 aliphatic rings. The molecule has 24 heavy (non-hydrogen) atoms. The van der Waals surface area contributed by atoms with Gasteiger partial charge in [-0.2, -0.15) is 4.68 Å². The lowest BCUT2D eigenvalue weighted by Gasteiger charge is -2.24. The molecule has 0 spiro atoms. The highest BCUT2D eigenvalue weighted by Crippen LogP contribution is 2.25. The molecule has 1 aliphatic heterocycles. The number of hydrogen-bond acceptors (Lipinski definition) is 5. The fourth-order valence-electron chi connectivity index (χ4n) is 2.76. The lowest BCUT2D eigenvalue weighted by atomic mass is 10.2. The van der Waals surface area contributed by atoms with Crippen molar-refractivity contribution in [3.63, 3.8) is 0 Å². The number of benzene rings is 1. The van der Waals surface area contributed by atoms with Crippen molar-refractivity contribution < 1.29 is 0 Å². The van der Waals surface area contributed by atoms with E-state index in [1.54, 1.807) is 4.68 Å². The molecule has 3 rings (SSSR count). The van der Waals surface area contributed by atoms with Gasteiger partial charge in [0.15, 0.2) is 5.82 Å². The predicted octanol–water partition coefficient (Wildman–Crippen LogP) is 3.47. The van der Waals surface area contributed by atoms with Gasteiger partial charge in [0.05, 0.1) is 5.69 Å². The molecule has 0 N–H and O–H groups in total. The molecular formula is C18H22N6. The molecule has 2 aromatic rings. The lowest BCUT2D eigenvalue weighted by molar-refractivity contribution is 0.466. The van der Waals surface area contributed by atoms with E-state index >= 15 is 0 Å². The molecule has 0 saturated heterocycles. The van der Waals surface area contributed by atoms with Crippen LogP contribution in [0.25, 0.3) is 11.8 Å². The normalized spacial score (nSPS) is 20.6. The first kappa shape index (κ1) is 16.1. The maximum Gasteiger partial charge on any atom is 0.185 e. The van der Waals surface area contributed by atoms with Crippen LogP contribution in [0.1, 0.15) is 33.4 Å². The number of aromatic nitrogens is 3. The van der Waals surface area contributed by atoms with Crippen molar-refractivity contribution in [2.75, 3.05) is 13.1 Å². The van der Waals surface area contributed by atoms with E-state index in [1.807, 2.05) is 43.3 Å². The van der Waals surface area contributed by atoms with Gasteiger partial charge in [-0.25, -0.2) is 9.98 Å². The molecule has 0 saturated carbocycles. The summed E-state index contributed by atoms with van der Waals surface area (Å²) in [4.78, 5) is 11.6. The van der Waals surface area contributed by atoms with Gasteiger partial charge >= 0.3 is 0 Å². The first-order valence-electron chi connectivity index (χ1n) is 8.22. The molecular weight excluding hydrogens is 300 g/mol. The molecule has 0 atom stereocenters. The summed E-state index contributed by atoms with van der Waals surface area (Å²) in [6.07, 6.45) is 2.01. The van der Waals surface area contributed by atoms with Gasteiger partial charge in [-0.15, -0.1) is 5.10 Å². The smallest absolute Gasteiger partial charge is 0.185 e. The Morgan fingerprint density at radius 1 is 1.00 bits per heavy atom. The van der Waals surface area contributed by atoms with Crippen LogP contribution in [-0.2, 0) is 0 Å². The number of rotatable bonds is 3. The van der Waals surface area contributed by atoms with Gasteiger partial charge in [0.25, 0.3) is 0 Å². The van der Waals surface area contributed by atoms with Crippen LogP contribution in [0, 0.1) is 0 Å². The van der Waals surface area contributed by atoms with Gasteiger partial charge in [0, 0.05) is 13.1 Å². The van der Waals surface area contributed by atoms with Gasteiger partial charge in [-0.05, 0) is 51.5 Å². The minimum Gasteiger partial charge on any atom is -0.357 e. The first-order chi connectivity index (χ1) is 11.6. The van der Waals surface area contributed by atoms with Crippen LogP contribution >= 0.6 is 0 Å². The van der Waals surface area contributed by atoms with E-state index in [2.05, 4.69) is 41.0 Å². The van der Waals surface area contributed by atoms with Crippen LogP contribution in [0.2, 0.25) is 0 Å². The fraction of sp³-hybridized carbons (Fsp3) is 0.333. The van der Waals surface area contributed by atoms with E-state index in [-0.39, 0.29) is 0 Å². The molecule has 6 nitrogen and oxygen atoms in total. The van der Waals surface area contributed by atoms with Crippen LogP contribution in [0.3, 0.4) is 0 Å². The number of hydrogen-bond donors (Lipinski definition) is 0. The summed E-state index contributed by atoms with van der Waals surface area (Å²) in [5, 5.41) is 8.60. The Hall–Kier alpha value is -2.76. The van der Waals surface area contributed by atoms with Crippen molar-refractivity contribution in [2.24, 2.45) is 9.98 Å². The minimum absolute atomic E-state index is 0.699. The zero-order valence-corrected chi connectivity index (χ0v) is 14.6. The average Bonchev–Trinajstić information content (AvgIpc) is 2.96. The van der Waals surface area contributed by atoms with E-state index in [9.17, 15) is 0 Å². The average molecular weight is 322 g/mol. The summed E-state index contributed by atoms with van der Waals surface area (Å²) >= 11 is 0. The molecule has 0 amide bonds. The third-order valence-corrected chi connectivity index (χ3v) is 3.98. The Bertz CT molecular complexity index is 809. The second kappa shape index (κ2) is 6.78. The standard InChI is InChI=1S/C18H22N6/c1-5-23(6-2)17-13(3)12-16-18(20-14(4)19-17)24(22-21-16)15-10-8-7-9-11-15/h7-12H,5-6H2,1-4H3/b13-12-,16-12?,17-13?,19-14?,19-17+,20-14-,20-18?. The Kier molecular flexibility index (Phi) is 4.55. The van der Waals surface area contributed by atoms with E-state index in [1.165, 1.54) is 0 Å². The SMILES string of the molecule is CCN(CC)C1=N/C(C)=N\c2c(nnn2-c2ccccc2)/C=C\1C. The molecule has 6 heteroatoms. The van der Waals surface area contributed by atoms with Crippen molar-refractivity contribution in [3.8, 4) is 5.69 Å². The summed E-state index contributed by atoms with van der Waals surface area (Å²) < 4.78 is 1.75. The molecule has 0 bridgehead atoms. The van der Waals surface area contributed by atoms with Crippen LogP contribution < -0.4 is 0 Å². The van der Waals surface area contributed by atoms with Crippen LogP contribution in [0.15, 0.2) is 45.9 Å². The zero-order valence-electron chi connectivity index (χ0n) is 14.6. The largest absolute Gasteiger partial charge is 0.357 e. The third-order valence-electron chi connectivity index (χ3n) is 3.98. The van der Waals surface area contributed by atoms with Gasteiger partial charge in [-0.1, -0.05) is 23.4 Å². The van der Waals surface area contributed by atoms with E-state index in [4.69, 9.17) is 4.99 Å². The molecule has 2 heterocycles. The van der Waals surface area contributed by atoms with Gasteiger partial charge in [0.2, 0.25) is 0 Å². The minimum atomic E-state index is 0.699. The highest BCUT2D eigenvalue weighted by Gasteiger charge is 2.18. The monoisotopic (exact) mass is 322 g/mol. The van der Waals surface area contributed by atoms with Crippen molar-refractivity contribution in [2.45, 2.75) is 27.7 Å². The molecule has 0 aliphatic carbocycles. The number of amidine groups is 2. The van der Waals surface area contributed by atoms with E-state index in [0.717, 1.165) is 35.9 Å². The zero-order chi connectivity index (χ0) is 17.1. The van der Waals surface area contributed by atoms with Crippen LogP contribution in [0.5, 0.6) is 0 Å². The molecule has 124 valence electrons. The fourth-order valence-corrected chi connectivity index (χ4v) is 2.76. The number of likely N-dealkylation sites (N-methyl/N-ethyl adjacent to an activating group) is 1. The maximum absolute atomic E-state index is 4.73. The molecule has 0 fully saturated rings. The Labute approximate surface area is 142 Å². The van der Waals surface area contributed by atoms with Crippen molar-refractivity contribution in [1.29, 1.82) is 0 Å². The van der Waals surface area contributed by atoms with E-state index < -0.39 is 0 Å². The summed E-state index contributed by atoms with van der Waals surface area (Å²) in [7, 11) is 0. The second-order valence-corrected chi connectivity index (χ2v) is 5.64. The van der Waals surface area contributed by atoms with Gasteiger partial charge in [0.1, 0.15) is 17.4 Å². The number of fused-ring (bicyclic) bond motifs is 1. The quantitative estimate of drug-likeness (QED) is 0.869. The summed E-state index contributed by atoms with van der Waals surface area (Å²) in [6.45, 7) is 10.0. The molecule has 1 aromatic carbocycles. The molecule has 0 radical (unpaired) electrons. The second-order valence-electron chi connectivity index (χ2n) is 5.64. The summed E-state index contributed by atoms with van der Waals surface area (Å²) in [5.74, 6) is 2.35. The van der Waals surface area contributed by atoms with E-state index in [0.29, 0.717) is 11.7 Å². The van der Waals surface area contributed by atoms with Crippen molar-refractivity contribution >= 4 is 23.6 Å². The summed E-state index contributed by atoms with van der Waals surface area (Å²) in [5.41, 5.74) is 2.76. The number of para-hydroxylation sites is 1. The molecule has 1 aromatic heterocycles. The topological polar surface area (TPSA) is 58.7 Å². The van der Waals surface area contributed by atoms with Crippen LogP contribution in [0.4, 0.5) is 5.82 Å². The Balaban J connectivity index is 2.12. The van der Waals surface area contributed by atoms with Gasteiger partial charge in [-0.3, -0.25) is 0 Å². The number of nitrogens with zero attached hydrogens (tertiary/aromatic N) is 6. The summed E-state index contributed by atoms with van der Waals surface area (Å²) in [6, 6.07) is 9.89. The van der Waals surface area contributed by atoms with Gasteiger partial charge < -0.3 is 4.90 Å². The number of aliphatic imine (C=N–C) groups is 2. The van der Waals surface area contributed by atoms with Crippen molar-refractivity contribution in [3.05, 3.63) is 41.6 Å². The first-order valence-corrected chi connectivity index (χ1v) is 8.22. The maximum atomic E-state index is 4.73. The Morgan fingerprint density at radius 2 is 1.71 bits per heavy atom.